The Bertz CT molecular complexity index is 158. The van der Waals surface area contributed by atoms with Gasteiger partial charge in [-0.1, -0.05) is 66.5 Å². The van der Waals surface area contributed by atoms with Gasteiger partial charge in [-0.2, -0.15) is 0 Å². The molecule has 0 radical (unpaired) electrons. The van der Waals surface area contributed by atoms with Crippen molar-refractivity contribution in [1.82, 2.24) is 0 Å². The molecule has 0 unspecified atom stereocenters. The van der Waals surface area contributed by atoms with E-state index >= 15 is 0 Å². The summed E-state index contributed by atoms with van der Waals surface area (Å²) >= 11 is 0. The average Bonchev–Trinajstić information content (AvgIpc) is 2.28. The number of hydrogen-bond donors (Lipinski definition) is 0. The smallest absolute Gasteiger partial charge is 0.0625 e. The fourth-order valence-electron chi connectivity index (χ4n) is 3.60. The summed E-state index contributed by atoms with van der Waals surface area (Å²) in [5, 5.41) is 1.20. The van der Waals surface area contributed by atoms with E-state index < -0.39 is 8.07 Å². The molecule has 0 nitrogen and oxygen atoms in total. The van der Waals surface area contributed by atoms with Gasteiger partial charge < -0.3 is 0 Å². The van der Waals surface area contributed by atoms with E-state index in [0.717, 1.165) is 0 Å². The molecule has 1 fully saturated rings. The Balaban J connectivity index is 3.02. The second-order valence-electron chi connectivity index (χ2n) is 6.79. The van der Waals surface area contributed by atoms with Crippen LogP contribution in [0.5, 0.6) is 0 Å². The van der Waals surface area contributed by atoms with Crippen molar-refractivity contribution in [2.75, 3.05) is 0 Å². The molecule has 13 heavy (non-hydrogen) atoms. The first-order valence-electron chi connectivity index (χ1n) is 5.71. The van der Waals surface area contributed by atoms with Crippen molar-refractivity contribution < 1.29 is 0 Å². The summed E-state index contributed by atoms with van der Waals surface area (Å²) in [5.74, 6) is 0. The third-order valence-corrected chi connectivity index (χ3v) is 12.5. The van der Waals surface area contributed by atoms with Crippen LogP contribution in [0.25, 0.3) is 0 Å². The van der Waals surface area contributed by atoms with Crippen molar-refractivity contribution in [3.05, 3.63) is 0 Å². The first kappa shape index (κ1) is 11.3. The lowest BCUT2D eigenvalue weighted by Gasteiger charge is -2.50. The monoisotopic (exact) mass is 198 g/mol. The number of hydrogen-bond acceptors (Lipinski definition) is 0. The zero-order valence-electron chi connectivity index (χ0n) is 10.3. The summed E-state index contributed by atoms with van der Waals surface area (Å²) < 4.78 is 0. The largest absolute Gasteiger partial charge is 0.0643 e. The van der Waals surface area contributed by atoms with Crippen molar-refractivity contribution in [3.8, 4) is 0 Å². The van der Waals surface area contributed by atoms with Crippen LogP contribution < -0.4 is 0 Å². The summed E-state index contributed by atoms with van der Waals surface area (Å²) in [6.07, 6.45) is 3.00. The quantitative estimate of drug-likeness (QED) is 0.489. The molecule has 0 aromatic rings. The lowest BCUT2D eigenvalue weighted by molar-refractivity contribution is 0.610. The van der Waals surface area contributed by atoms with Crippen molar-refractivity contribution in [2.45, 2.75) is 76.5 Å². The van der Waals surface area contributed by atoms with Crippen LogP contribution in [0.2, 0.25) is 22.2 Å². The lowest BCUT2D eigenvalue weighted by Crippen LogP contribution is -2.48. The zero-order valence-corrected chi connectivity index (χ0v) is 11.3. The molecule has 0 aromatic heterocycles. The molecule has 78 valence electrons. The molecule has 0 saturated carbocycles. The highest BCUT2D eigenvalue weighted by molar-refractivity contribution is 6.85. The average molecular weight is 198 g/mol. The normalized spacial score (nSPS) is 23.5. The summed E-state index contributed by atoms with van der Waals surface area (Å²) in [5.41, 5.74) is 0. The maximum absolute atomic E-state index is 2.48. The fraction of sp³-hybridized carbons (Fsp3) is 1.00. The molecule has 1 aliphatic rings. The standard InChI is InChI=1S/C12H26Si/c1-11(2,3)13(12(4,5)6)9-7-8-10-13/h7-10H2,1-6H3. The SMILES string of the molecule is CC(C)(C)[Si]1(C(C)(C)C)CCCC1. The van der Waals surface area contributed by atoms with Gasteiger partial charge in [-0.05, 0) is 10.1 Å². The van der Waals surface area contributed by atoms with E-state index in [9.17, 15) is 0 Å². The van der Waals surface area contributed by atoms with Gasteiger partial charge in [0.15, 0.2) is 0 Å². The van der Waals surface area contributed by atoms with Crippen LogP contribution in [0.1, 0.15) is 54.4 Å². The van der Waals surface area contributed by atoms with Gasteiger partial charge in [0, 0.05) is 0 Å². The molecule has 0 amide bonds. The van der Waals surface area contributed by atoms with Crippen LogP contribution in [-0.2, 0) is 0 Å². The van der Waals surface area contributed by atoms with Gasteiger partial charge in [-0.25, -0.2) is 0 Å². The molecule has 0 bridgehead atoms. The van der Waals surface area contributed by atoms with Gasteiger partial charge in [-0.15, -0.1) is 0 Å². The van der Waals surface area contributed by atoms with Gasteiger partial charge in [0.2, 0.25) is 0 Å². The summed E-state index contributed by atoms with van der Waals surface area (Å²) in [6.45, 7) is 14.9. The Labute approximate surface area is 85.1 Å². The van der Waals surface area contributed by atoms with E-state index in [2.05, 4.69) is 41.5 Å². The molecule has 0 N–H and O–H groups in total. The molecule has 1 heteroatoms. The summed E-state index contributed by atoms with van der Waals surface area (Å²) in [4.78, 5) is 0. The van der Waals surface area contributed by atoms with Crippen LogP contribution in [0.15, 0.2) is 0 Å². The van der Waals surface area contributed by atoms with Gasteiger partial charge in [-0.3, -0.25) is 0 Å². The van der Waals surface area contributed by atoms with Gasteiger partial charge >= 0.3 is 0 Å². The molecule has 0 aliphatic carbocycles. The van der Waals surface area contributed by atoms with Crippen LogP contribution >= 0.6 is 0 Å². The lowest BCUT2D eigenvalue weighted by atomic mass is 10.2. The van der Waals surface area contributed by atoms with Crippen molar-refractivity contribution in [2.24, 2.45) is 0 Å². The Hall–Kier alpha value is 0.217. The Morgan fingerprint density at radius 3 is 1.15 bits per heavy atom. The molecule has 0 atom stereocenters. The fourth-order valence-corrected chi connectivity index (χ4v) is 10.8. The maximum atomic E-state index is 2.48. The molecule has 1 saturated heterocycles. The molecule has 1 rings (SSSR count). The van der Waals surface area contributed by atoms with Crippen LogP contribution in [0.3, 0.4) is 0 Å². The van der Waals surface area contributed by atoms with E-state index in [1.54, 1.807) is 12.1 Å². The highest BCUT2D eigenvalue weighted by Gasteiger charge is 2.53. The second-order valence-corrected chi connectivity index (χ2v) is 13.0. The van der Waals surface area contributed by atoms with Gasteiger partial charge in [0.25, 0.3) is 0 Å². The third-order valence-electron chi connectivity index (χ3n) is 4.33. The first-order valence-corrected chi connectivity index (χ1v) is 8.12. The van der Waals surface area contributed by atoms with Gasteiger partial charge in [0.1, 0.15) is 0 Å². The topological polar surface area (TPSA) is 0 Å². The third kappa shape index (κ3) is 1.72. The van der Waals surface area contributed by atoms with Crippen molar-refractivity contribution >= 4 is 8.07 Å². The van der Waals surface area contributed by atoms with Crippen LogP contribution in [0, 0.1) is 0 Å². The van der Waals surface area contributed by atoms with Gasteiger partial charge in [0.05, 0.1) is 8.07 Å². The van der Waals surface area contributed by atoms with Crippen LogP contribution in [0.4, 0.5) is 0 Å². The van der Waals surface area contributed by atoms with E-state index in [1.165, 1.54) is 12.8 Å². The minimum Gasteiger partial charge on any atom is -0.0625 e. The Morgan fingerprint density at radius 2 is 1.00 bits per heavy atom. The molecule has 1 heterocycles. The highest BCUT2D eigenvalue weighted by atomic mass is 28.3. The van der Waals surface area contributed by atoms with E-state index in [-0.39, 0.29) is 0 Å². The second kappa shape index (κ2) is 3.11. The minimum absolute atomic E-state index is 0.599. The molecule has 1 aliphatic heterocycles. The van der Waals surface area contributed by atoms with Crippen LogP contribution in [-0.4, -0.2) is 8.07 Å². The minimum atomic E-state index is -1.04. The summed E-state index contributed by atoms with van der Waals surface area (Å²) in [6, 6.07) is 3.14. The van der Waals surface area contributed by atoms with Crippen molar-refractivity contribution in [1.29, 1.82) is 0 Å². The molecule has 0 spiro atoms. The van der Waals surface area contributed by atoms with Crippen molar-refractivity contribution in [3.63, 3.8) is 0 Å². The van der Waals surface area contributed by atoms with E-state index in [4.69, 9.17) is 0 Å². The zero-order chi connectivity index (χ0) is 10.3. The molecular formula is C12H26Si. The predicted octanol–water partition coefficient (Wildman–Crippen LogP) is 4.83. The Kier molecular flexibility index (Phi) is 2.71. The van der Waals surface area contributed by atoms with E-state index in [0.29, 0.717) is 10.1 Å². The first-order chi connectivity index (χ1) is 5.71. The highest BCUT2D eigenvalue weighted by Crippen LogP contribution is 2.59. The number of rotatable bonds is 0. The maximum Gasteiger partial charge on any atom is 0.0643 e. The predicted molar refractivity (Wildman–Crippen MR) is 64.0 cm³/mol. The molecule has 0 aromatic carbocycles. The Morgan fingerprint density at radius 1 is 0.692 bits per heavy atom. The molecular weight excluding hydrogens is 172 g/mol. The summed E-state index contributed by atoms with van der Waals surface area (Å²) in [7, 11) is -1.04. The van der Waals surface area contributed by atoms with E-state index in [1.807, 2.05) is 0 Å².